The molecule has 4 nitrogen and oxygen atoms in total. The van der Waals surface area contributed by atoms with Gasteiger partial charge in [0, 0.05) is 16.3 Å². The summed E-state index contributed by atoms with van der Waals surface area (Å²) >= 11 is 1.52. The van der Waals surface area contributed by atoms with E-state index < -0.39 is 11.9 Å². The average molecular weight is 255 g/mol. The summed E-state index contributed by atoms with van der Waals surface area (Å²) in [6.45, 7) is 7.14. The van der Waals surface area contributed by atoms with Crippen molar-refractivity contribution in [3.63, 3.8) is 0 Å². The summed E-state index contributed by atoms with van der Waals surface area (Å²) in [5, 5.41) is 13.4. The van der Waals surface area contributed by atoms with Crippen LogP contribution in [0.5, 0.6) is 0 Å². The molecule has 1 aromatic heterocycles. The van der Waals surface area contributed by atoms with Crippen LogP contribution in [0.1, 0.15) is 34.6 Å². The molecule has 0 fully saturated rings. The molecule has 5 heteroatoms. The van der Waals surface area contributed by atoms with E-state index in [1.165, 1.54) is 11.3 Å². The molecular formula is C12H17NO3S. The monoisotopic (exact) mass is 255 g/mol. The van der Waals surface area contributed by atoms with Gasteiger partial charge in [0.25, 0.3) is 5.91 Å². The first kappa shape index (κ1) is 13.7. The molecule has 0 spiro atoms. The first-order chi connectivity index (χ1) is 7.84. The van der Waals surface area contributed by atoms with Crippen LogP contribution in [0.4, 0.5) is 0 Å². The number of amides is 1. The third-order valence-corrected chi connectivity index (χ3v) is 4.04. The van der Waals surface area contributed by atoms with Crippen LogP contribution in [0.25, 0.3) is 0 Å². The molecule has 0 saturated carbocycles. The minimum absolute atomic E-state index is 0.201. The van der Waals surface area contributed by atoms with Gasteiger partial charge in [-0.1, -0.05) is 0 Å². The Morgan fingerprint density at radius 2 is 1.94 bits per heavy atom. The fraction of sp³-hybridized carbons (Fsp3) is 0.500. The Morgan fingerprint density at radius 3 is 2.35 bits per heavy atom. The van der Waals surface area contributed by atoms with Crippen molar-refractivity contribution in [2.45, 2.75) is 33.7 Å². The molecule has 1 aromatic rings. The predicted molar refractivity (Wildman–Crippen MR) is 67.5 cm³/mol. The number of carbonyl (C=O) groups is 2. The van der Waals surface area contributed by atoms with Crippen molar-refractivity contribution in [2.24, 2.45) is 5.92 Å². The maximum atomic E-state index is 11.9. The Kier molecular flexibility index (Phi) is 4.28. The lowest BCUT2D eigenvalue weighted by Gasteiger charge is -2.17. The van der Waals surface area contributed by atoms with Gasteiger partial charge in [-0.3, -0.25) is 9.59 Å². The molecule has 0 saturated heterocycles. The molecular weight excluding hydrogens is 238 g/mol. The number of hydrogen-bond donors (Lipinski definition) is 2. The molecule has 2 atom stereocenters. The van der Waals surface area contributed by atoms with Gasteiger partial charge in [-0.2, -0.15) is 0 Å². The summed E-state index contributed by atoms with van der Waals surface area (Å²) in [6.07, 6.45) is 0. The van der Waals surface area contributed by atoms with Gasteiger partial charge in [0.1, 0.15) is 0 Å². The van der Waals surface area contributed by atoms with Crippen LogP contribution in [-0.4, -0.2) is 23.0 Å². The van der Waals surface area contributed by atoms with Gasteiger partial charge in [-0.25, -0.2) is 0 Å². The van der Waals surface area contributed by atoms with Crippen molar-refractivity contribution in [1.29, 1.82) is 0 Å². The van der Waals surface area contributed by atoms with Crippen LogP contribution in [-0.2, 0) is 4.79 Å². The Morgan fingerprint density at radius 1 is 1.35 bits per heavy atom. The fourth-order valence-electron chi connectivity index (χ4n) is 1.36. The number of thiophene rings is 1. The standard InChI is InChI=1S/C12H17NO3S/c1-6(12(15)16)8(3)13-11(14)10-5-17-9(4)7(10)2/h5-6,8H,1-4H3,(H,13,14)(H,15,16). The maximum Gasteiger partial charge on any atom is 0.308 e. The first-order valence-corrected chi connectivity index (χ1v) is 6.31. The smallest absolute Gasteiger partial charge is 0.308 e. The highest BCUT2D eigenvalue weighted by Crippen LogP contribution is 2.20. The zero-order chi connectivity index (χ0) is 13.2. The van der Waals surface area contributed by atoms with Crippen molar-refractivity contribution in [3.8, 4) is 0 Å². The maximum absolute atomic E-state index is 11.9. The van der Waals surface area contributed by atoms with E-state index in [0.29, 0.717) is 5.56 Å². The summed E-state index contributed by atoms with van der Waals surface area (Å²) in [6, 6.07) is -0.389. The van der Waals surface area contributed by atoms with Crippen molar-refractivity contribution in [1.82, 2.24) is 5.32 Å². The summed E-state index contributed by atoms with van der Waals surface area (Å²) in [5.41, 5.74) is 1.60. The number of aliphatic carboxylic acids is 1. The number of hydrogen-bond acceptors (Lipinski definition) is 3. The fourth-order valence-corrected chi connectivity index (χ4v) is 2.23. The SMILES string of the molecule is Cc1scc(C(=O)NC(C)C(C)C(=O)O)c1C. The second-order valence-corrected chi connectivity index (χ2v) is 5.30. The zero-order valence-corrected chi connectivity index (χ0v) is 11.2. The van der Waals surface area contributed by atoms with Crippen molar-refractivity contribution >= 4 is 23.2 Å². The van der Waals surface area contributed by atoms with Gasteiger partial charge in [0.15, 0.2) is 0 Å². The Labute approximate surface area is 105 Å². The van der Waals surface area contributed by atoms with E-state index in [1.54, 1.807) is 19.2 Å². The number of carboxylic acids is 1. The highest BCUT2D eigenvalue weighted by molar-refractivity contribution is 7.10. The minimum atomic E-state index is -0.906. The first-order valence-electron chi connectivity index (χ1n) is 5.43. The summed E-state index contributed by atoms with van der Waals surface area (Å²) < 4.78 is 0. The lowest BCUT2D eigenvalue weighted by Crippen LogP contribution is -2.40. The van der Waals surface area contributed by atoms with E-state index in [1.807, 2.05) is 13.8 Å². The van der Waals surface area contributed by atoms with E-state index in [-0.39, 0.29) is 11.9 Å². The summed E-state index contributed by atoms with van der Waals surface area (Å²) in [4.78, 5) is 23.8. The van der Waals surface area contributed by atoms with Crippen molar-refractivity contribution in [2.75, 3.05) is 0 Å². The summed E-state index contributed by atoms with van der Waals surface area (Å²) in [7, 11) is 0. The van der Waals surface area contributed by atoms with Crippen LogP contribution in [0.2, 0.25) is 0 Å². The summed E-state index contributed by atoms with van der Waals surface area (Å²) in [5.74, 6) is -1.71. The Hall–Kier alpha value is -1.36. The normalized spacial score (nSPS) is 14.1. The molecule has 0 radical (unpaired) electrons. The Balaban J connectivity index is 2.73. The molecule has 94 valence electrons. The number of aryl methyl sites for hydroxylation is 1. The van der Waals surface area contributed by atoms with Crippen LogP contribution in [0.15, 0.2) is 5.38 Å². The zero-order valence-electron chi connectivity index (χ0n) is 10.4. The molecule has 1 heterocycles. The van der Waals surface area contributed by atoms with E-state index in [4.69, 9.17) is 5.11 Å². The molecule has 0 aliphatic heterocycles. The second kappa shape index (κ2) is 5.31. The largest absolute Gasteiger partial charge is 0.481 e. The van der Waals surface area contributed by atoms with E-state index in [9.17, 15) is 9.59 Å². The predicted octanol–water partition coefficient (Wildman–Crippen LogP) is 2.20. The van der Waals surface area contributed by atoms with Crippen LogP contribution in [0, 0.1) is 19.8 Å². The van der Waals surface area contributed by atoms with Crippen LogP contribution >= 0.6 is 11.3 Å². The molecule has 2 unspecified atom stereocenters. The lowest BCUT2D eigenvalue weighted by molar-refractivity contribution is -0.141. The van der Waals surface area contributed by atoms with Gasteiger partial charge in [-0.15, -0.1) is 11.3 Å². The quantitative estimate of drug-likeness (QED) is 0.866. The third kappa shape index (κ3) is 3.06. The lowest BCUT2D eigenvalue weighted by atomic mass is 10.0. The van der Waals surface area contributed by atoms with E-state index in [2.05, 4.69) is 5.32 Å². The molecule has 0 aliphatic carbocycles. The number of carboxylic acid groups (broad SMARTS) is 1. The molecule has 17 heavy (non-hydrogen) atoms. The van der Waals surface area contributed by atoms with Crippen molar-refractivity contribution < 1.29 is 14.7 Å². The van der Waals surface area contributed by atoms with Crippen LogP contribution in [0.3, 0.4) is 0 Å². The van der Waals surface area contributed by atoms with Gasteiger partial charge >= 0.3 is 5.97 Å². The number of nitrogens with one attached hydrogen (secondary N) is 1. The van der Waals surface area contributed by atoms with Crippen molar-refractivity contribution in [3.05, 3.63) is 21.4 Å². The van der Waals surface area contributed by atoms with Gasteiger partial charge in [-0.05, 0) is 33.3 Å². The highest BCUT2D eigenvalue weighted by Gasteiger charge is 2.22. The average Bonchev–Trinajstić information content (AvgIpc) is 2.58. The molecule has 1 amide bonds. The van der Waals surface area contributed by atoms with Gasteiger partial charge < -0.3 is 10.4 Å². The molecule has 0 aliphatic rings. The molecule has 1 rings (SSSR count). The number of carbonyl (C=O) groups excluding carboxylic acids is 1. The molecule has 2 N–H and O–H groups in total. The molecule has 0 bridgehead atoms. The van der Waals surface area contributed by atoms with Crippen LogP contribution < -0.4 is 5.32 Å². The van der Waals surface area contributed by atoms with E-state index in [0.717, 1.165) is 10.4 Å². The number of rotatable bonds is 4. The molecule has 0 aromatic carbocycles. The second-order valence-electron chi connectivity index (χ2n) is 4.22. The van der Waals surface area contributed by atoms with Gasteiger partial charge in [0.05, 0.1) is 11.5 Å². The highest BCUT2D eigenvalue weighted by atomic mass is 32.1. The van der Waals surface area contributed by atoms with Gasteiger partial charge in [0.2, 0.25) is 0 Å². The Bertz CT molecular complexity index is 439. The topological polar surface area (TPSA) is 66.4 Å². The minimum Gasteiger partial charge on any atom is -0.481 e. The third-order valence-electron chi connectivity index (χ3n) is 3.03. The van der Waals surface area contributed by atoms with E-state index >= 15 is 0 Å².